The number of anilines is 1. The van der Waals surface area contributed by atoms with Gasteiger partial charge in [-0.25, -0.2) is 4.79 Å². The number of hydrogen-bond acceptors (Lipinski definition) is 5. The van der Waals surface area contributed by atoms with Gasteiger partial charge in [-0.2, -0.15) is 5.10 Å². The zero-order valence-corrected chi connectivity index (χ0v) is 10.2. The highest BCUT2D eigenvalue weighted by atomic mass is 16.5. The van der Waals surface area contributed by atoms with Crippen LogP contribution in [0, 0.1) is 0 Å². The number of aromatic carboxylic acids is 1. The van der Waals surface area contributed by atoms with Gasteiger partial charge >= 0.3 is 5.97 Å². The number of aromatic nitrogens is 2. The van der Waals surface area contributed by atoms with E-state index in [1.807, 2.05) is 20.8 Å². The number of carboxylic acids is 1. The van der Waals surface area contributed by atoms with Crippen molar-refractivity contribution in [3.63, 3.8) is 0 Å². The van der Waals surface area contributed by atoms with Gasteiger partial charge in [0.25, 0.3) is 0 Å². The SMILES string of the molecule is CCOC(C)(C)CNc1nnccc1C(=O)O. The Hall–Kier alpha value is -1.69. The van der Waals surface area contributed by atoms with Crippen molar-refractivity contribution >= 4 is 11.8 Å². The third-order valence-electron chi connectivity index (χ3n) is 2.17. The smallest absolute Gasteiger partial charge is 0.339 e. The van der Waals surface area contributed by atoms with Gasteiger partial charge in [-0.15, -0.1) is 5.10 Å². The van der Waals surface area contributed by atoms with Crippen molar-refractivity contribution in [3.05, 3.63) is 17.8 Å². The summed E-state index contributed by atoms with van der Waals surface area (Å²) >= 11 is 0. The van der Waals surface area contributed by atoms with Gasteiger partial charge in [0.1, 0.15) is 5.56 Å². The van der Waals surface area contributed by atoms with Gasteiger partial charge in [-0.1, -0.05) is 0 Å². The maximum atomic E-state index is 10.9. The van der Waals surface area contributed by atoms with Crippen LogP contribution in [0.5, 0.6) is 0 Å². The van der Waals surface area contributed by atoms with Crippen molar-refractivity contribution in [2.75, 3.05) is 18.5 Å². The van der Waals surface area contributed by atoms with Gasteiger partial charge < -0.3 is 15.2 Å². The normalized spacial score (nSPS) is 11.2. The summed E-state index contributed by atoms with van der Waals surface area (Å²) in [5.74, 6) is -0.774. The van der Waals surface area contributed by atoms with Gasteiger partial charge in [-0.05, 0) is 26.8 Å². The molecule has 1 aromatic heterocycles. The summed E-state index contributed by atoms with van der Waals surface area (Å²) in [7, 11) is 0. The fourth-order valence-corrected chi connectivity index (χ4v) is 1.37. The second-order valence-corrected chi connectivity index (χ2v) is 4.14. The molecule has 0 aliphatic carbocycles. The third-order valence-corrected chi connectivity index (χ3v) is 2.17. The lowest BCUT2D eigenvalue weighted by Crippen LogP contribution is -2.34. The molecular weight excluding hydrogens is 222 g/mol. The van der Waals surface area contributed by atoms with E-state index in [0.717, 1.165) is 0 Å². The highest BCUT2D eigenvalue weighted by Crippen LogP contribution is 2.14. The van der Waals surface area contributed by atoms with Crippen molar-refractivity contribution < 1.29 is 14.6 Å². The van der Waals surface area contributed by atoms with Crippen molar-refractivity contribution in [1.82, 2.24) is 10.2 Å². The molecular formula is C11H17N3O3. The monoisotopic (exact) mass is 239 g/mol. The molecule has 0 saturated heterocycles. The number of ether oxygens (including phenoxy) is 1. The summed E-state index contributed by atoms with van der Waals surface area (Å²) < 4.78 is 5.49. The van der Waals surface area contributed by atoms with Gasteiger partial charge in [0, 0.05) is 13.2 Å². The Morgan fingerprint density at radius 3 is 2.88 bits per heavy atom. The Labute approximate surface area is 100 Å². The first-order valence-corrected chi connectivity index (χ1v) is 5.39. The number of hydrogen-bond donors (Lipinski definition) is 2. The molecule has 1 aromatic rings. The number of nitrogens with zero attached hydrogens (tertiary/aromatic N) is 2. The van der Waals surface area contributed by atoms with Crippen LogP contribution in [-0.4, -0.2) is 40.0 Å². The molecule has 2 N–H and O–H groups in total. The molecule has 6 heteroatoms. The molecule has 0 amide bonds. The van der Waals surface area contributed by atoms with Crippen LogP contribution in [0.2, 0.25) is 0 Å². The van der Waals surface area contributed by atoms with E-state index < -0.39 is 5.97 Å². The van der Waals surface area contributed by atoms with E-state index in [-0.39, 0.29) is 17.0 Å². The fraction of sp³-hybridized carbons (Fsp3) is 0.545. The Kier molecular flexibility index (Phi) is 4.39. The molecule has 0 unspecified atom stereocenters. The molecule has 0 aliphatic rings. The predicted molar refractivity (Wildman–Crippen MR) is 63.2 cm³/mol. The second kappa shape index (κ2) is 5.58. The van der Waals surface area contributed by atoms with E-state index in [9.17, 15) is 4.79 Å². The minimum Gasteiger partial charge on any atom is -0.478 e. The second-order valence-electron chi connectivity index (χ2n) is 4.14. The first kappa shape index (κ1) is 13.4. The molecule has 1 rings (SSSR count). The van der Waals surface area contributed by atoms with Crippen LogP contribution in [0.3, 0.4) is 0 Å². The lowest BCUT2D eigenvalue weighted by atomic mass is 10.1. The number of nitrogens with one attached hydrogen (secondary N) is 1. The molecule has 0 fully saturated rings. The quantitative estimate of drug-likeness (QED) is 0.780. The zero-order chi connectivity index (χ0) is 12.9. The zero-order valence-electron chi connectivity index (χ0n) is 10.2. The van der Waals surface area contributed by atoms with E-state index in [2.05, 4.69) is 15.5 Å². The van der Waals surface area contributed by atoms with Crippen LogP contribution < -0.4 is 5.32 Å². The van der Waals surface area contributed by atoms with Gasteiger partial charge in [-0.3, -0.25) is 0 Å². The van der Waals surface area contributed by atoms with E-state index in [1.165, 1.54) is 12.3 Å². The first-order valence-electron chi connectivity index (χ1n) is 5.39. The molecule has 0 bridgehead atoms. The maximum absolute atomic E-state index is 10.9. The summed E-state index contributed by atoms with van der Waals surface area (Å²) in [4.78, 5) is 10.9. The lowest BCUT2D eigenvalue weighted by molar-refractivity contribution is 0.000591. The van der Waals surface area contributed by atoms with Gasteiger partial charge in [0.15, 0.2) is 5.82 Å². The average Bonchev–Trinajstić information content (AvgIpc) is 2.27. The molecule has 0 atom stereocenters. The molecule has 6 nitrogen and oxygen atoms in total. The van der Waals surface area contributed by atoms with Crippen LogP contribution in [0.1, 0.15) is 31.1 Å². The summed E-state index contributed by atoms with van der Waals surface area (Å²) in [5.41, 5.74) is -0.283. The molecule has 0 radical (unpaired) electrons. The van der Waals surface area contributed by atoms with Crippen LogP contribution in [0.4, 0.5) is 5.82 Å². The van der Waals surface area contributed by atoms with E-state index in [4.69, 9.17) is 9.84 Å². The molecule has 94 valence electrons. The van der Waals surface area contributed by atoms with E-state index in [0.29, 0.717) is 13.2 Å². The molecule has 0 aromatic carbocycles. The minimum absolute atomic E-state index is 0.104. The highest BCUT2D eigenvalue weighted by Gasteiger charge is 2.19. The molecule has 0 aliphatic heterocycles. The van der Waals surface area contributed by atoms with Gasteiger partial charge in [0.05, 0.1) is 11.8 Å². The fourth-order valence-electron chi connectivity index (χ4n) is 1.37. The van der Waals surface area contributed by atoms with E-state index >= 15 is 0 Å². The summed E-state index contributed by atoms with van der Waals surface area (Å²) in [5, 5.41) is 19.3. The number of rotatable bonds is 6. The maximum Gasteiger partial charge on any atom is 0.339 e. The molecule has 0 saturated carbocycles. The summed E-state index contributed by atoms with van der Waals surface area (Å²) in [6.45, 7) is 6.80. The Morgan fingerprint density at radius 2 is 2.29 bits per heavy atom. The molecule has 0 spiro atoms. The van der Waals surface area contributed by atoms with Crippen LogP contribution in [0.15, 0.2) is 12.3 Å². The lowest BCUT2D eigenvalue weighted by Gasteiger charge is -2.25. The summed E-state index contributed by atoms with van der Waals surface area (Å²) in [6.07, 6.45) is 1.35. The predicted octanol–water partition coefficient (Wildman–Crippen LogP) is 1.40. The van der Waals surface area contributed by atoms with Gasteiger partial charge in [0.2, 0.25) is 0 Å². The van der Waals surface area contributed by atoms with Crippen molar-refractivity contribution in [1.29, 1.82) is 0 Å². The number of carboxylic acid groups (broad SMARTS) is 1. The molecule has 1 heterocycles. The van der Waals surface area contributed by atoms with Crippen LogP contribution in [0.25, 0.3) is 0 Å². The van der Waals surface area contributed by atoms with Crippen LogP contribution in [-0.2, 0) is 4.74 Å². The van der Waals surface area contributed by atoms with E-state index in [1.54, 1.807) is 0 Å². The third kappa shape index (κ3) is 3.99. The standard InChI is InChI=1S/C11H17N3O3/c1-4-17-11(2,3)7-12-9-8(10(15)16)5-6-13-14-9/h5-6H,4,7H2,1-3H3,(H,12,14)(H,15,16). The van der Waals surface area contributed by atoms with Crippen molar-refractivity contribution in [2.24, 2.45) is 0 Å². The van der Waals surface area contributed by atoms with Crippen LogP contribution >= 0.6 is 0 Å². The largest absolute Gasteiger partial charge is 0.478 e. The highest BCUT2D eigenvalue weighted by molar-refractivity contribution is 5.92. The Balaban J connectivity index is 2.72. The molecule has 17 heavy (non-hydrogen) atoms. The Morgan fingerprint density at radius 1 is 1.59 bits per heavy atom. The minimum atomic E-state index is -1.03. The topological polar surface area (TPSA) is 84.3 Å². The summed E-state index contributed by atoms with van der Waals surface area (Å²) in [6, 6.07) is 1.41. The first-order chi connectivity index (χ1) is 7.96. The average molecular weight is 239 g/mol. The number of carbonyl (C=O) groups is 1. The van der Waals surface area contributed by atoms with Crippen molar-refractivity contribution in [3.8, 4) is 0 Å². The van der Waals surface area contributed by atoms with Crippen molar-refractivity contribution in [2.45, 2.75) is 26.4 Å². The Bertz CT molecular complexity index is 393.